The highest BCUT2D eigenvalue weighted by Crippen LogP contribution is 2.45. The number of hydrogen-bond acceptors (Lipinski definition) is 7. The van der Waals surface area contributed by atoms with Crippen LogP contribution < -0.4 is 0 Å². The molecule has 0 saturated heterocycles. The van der Waals surface area contributed by atoms with Crippen molar-refractivity contribution in [3.05, 3.63) is 71.4 Å². The second kappa shape index (κ2) is 7.05. The summed E-state index contributed by atoms with van der Waals surface area (Å²) in [6, 6.07) is 22.1. The molecule has 0 N–H and O–H groups in total. The molecule has 0 amide bonds. The molecular weight excluding hydrogens is 477 g/mol. The van der Waals surface area contributed by atoms with Crippen molar-refractivity contribution in [3.8, 4) is 30.6 Å². The van der Waals surface area contributed by atoms with E-state index in [0.29, 0.717) is 0 Å². The highest BCUT2D eigenvalue weighted by molar-refractivity contribution is 7.31. The van der Waals surface area contributed by atoms with Gasteiger partial charge < -0.3 is 0 Å². The fourth-order valence-corrected chi connectivity index (χ4v) is 8.61. The second-order valence-corrected chi connectivity index (χ2v) is 11.7. The van der Waals surface area contributed by atoms with E-state index in [0.717, 1.165) is 11.0 Å². The van der Waals surface area contributed by atoms with Gasteiger partial charge in [-0.15, -0.1) is 45.3 Å². The summed E-state index contributed by atoms with van der Waals surface area (Å²) in [5.74, 6) is 0. The lowest BCUT2D eigenvalue weighted by molar-refractivity contribution is 1.63. The zero-order valence-corrected chi connectivity index (χ0v) is 19.9. The number of nitrogens with zero attached hydrogens (tertiary/aromatic N) is 2. The van der Waals surface area contributed by atoms with E-state index in [1.165, 1.54) is 62.5 Å². The first-order chi connectivity index (χ1) is 15.3. The lowest BCUT2D eigenvalue weighted by atomic mass is 10.1. The summed E-state index contributed by atoms with van der Waals surface area (Å²) in [5.41, 5.74) is 4.35. The van der Waals surface area contributed by atoms with Crippen molar-refractivity contribution in [2.45, 2.75) is 0 Å². The smallest absolute Gasteiger partial charge is 0.114 e. The lowest BCUT2D eigenvalue weighted by Crippen LogP contribution is -1.81. The Labute approximate surface area is 198 Å². The fourth-order valence-electron chi connectivity index (χ4n) is 3.96. The Morgan fingerprint density at radius 1 is 0.548 bits per heavy atom. The largest absolute Gasteiger partial charge is 0.172 e. The zero-order chi connectivity index (χ0) is 20.4. The van der Waals surface area contributed by atoms with Crippen LogP contribution in [0.1, 0.15) is 0 Å². The van der Waals surface area contributed by atoms with Crippen molar-refractivity contribution in [2.75, 3.05) is 0 Å². The van der Waals surface area contributed by atoms with Gasteiger partial charge in [-0.2, -0.15) is 8.75 Å². The fraction of sp³-hybridized carbons (Fsp3) is 0. The Bertz CT molecular complexity index is 1680. The van der Waals surface area contributed by atoms with Gasteiger partial charge in [-0.3, -0.25) is 0 Å². The number of thiophene rings is 4. The van der Waals surface area contributed by atoms with Gasteiger partial charge in [-0.05, 0) is 45.8 Å². The van der Waals surface area contributed by atoms with Crippen molar-refractivity contribution in [3.63, 3.8) is 0 Å². The third-order valence-electron chi connectivity index (χ3n) is 5.40. The van der Waals surface area contributed by atoms with Crippen LogP contribution in [0, 0.1) is 0 Å². The number of hydrogen-bond donors (Lipinski definition) is 0. The average molecular weight is 489 g/mol. The molecule has 0 aliphatic carbocycles. The third kappa shape index (κ3) is 2.85. The molecule has 2 nitrogen and oxygen atoms in total. The van der Waals surface area contributed by atoms with Crippen LogP contribution in [-0.2, 0) is 0 Å². The van der Waals surface area contributed by atoms with Crippen LogP contribution in [-0.4, -0.2) is 8.75 Å². The van der Waals surface area contributed by atoms with E-state index in [9.17, 15) is 0 Å². The molecule has 0 saturated carbocycles. The minimum atomic E-state index is 1.00. The van der Waals surface area contributed by atoms with Crippen LogP contribution in [0.15, 0.2) is 71.4 Å². The Morgan fingerprint density at radius 2 is 1.13 bits per heavy atom. The third-order valence-corrected chi connectivity index (χ3v) is 10.4. The first kappa shape index (κ1) is 18.2. The van der Waals surface area contributed by atoms with Gasteiger partial charge in [-0.25, -0.2) is 0 Å². The molecule has 7 aromatic rings. The normalized spacial score (nSPS) is 11.9. The van der Waals surface area contributed by atoms with E-state index in [4.69, 9.17) is 0 Å². The lowest BCUT2D eigenvalue weighted by Gasteiger charge is -2.03. The van der Waals surface area contributed by atoms with E-state index < -0.39 is 0 Å². The van der Waals surface area contributed by atoms with Gasteiger partial charge in [0.05, 0.1) is 21.1 Å². The van der Waals surface area contributed by atoms with Gasteiger partial charge in [-0.1, -0.05) is 36.4 Å². The molecule has 2 aromatic carbocycles. The molecule has 0 aliphatic heterocycles. The maximum Gasteiger partial charge on any atom is 0.114 e. The van der Waals surface area contributed by atoms with Gasteiger partial charge in [0.1, 0.15) is 11.0 Å². The van der Waals surface area contributed by atoms with E-state index >= 15 is 0 Å². The van der Waals surface area contributed by atoms with Gasteiger partial charge >= 0.3 is 0 Å². The topological polar surface area (TPSA) is 25.8 Å². The summed E-state index contributed by atoms with van der Waals surface area (Å²) in [6.07, 6.45) is 0. The molecule has 0 spiro atoms. The molecule has 0 aliphatic rings. The number of rotatable bonds is 3. The van der Waals surface area contributed by atoms with Crippen LogP contribution in [0.25, 0.3) is 61.8 Å². The predicted molar refractivity (Wildman–Crippen MR) is 140 cm³/mol. The molecule has 7 heteroatoms. The van der Waals surface area contributed by atoms with Crippen LogP contribution in [0.5, 0.6) is 0 Å². The summed E-state index contributed by atoms with van der Waals surface area (Å²) in [5, 5.41) is 6.87. The molecule has 148 valence electrons. The first-order valence-electron chi connectivity index (χ1n) is 9.65. The minimum Gasteiger partial charge on any atom is -0.172 e. The van der Waals surface area contributed by atoms with Crippen LogP contribution in [0.2, 0.25) is 0 Å². The van der Waals surface area contributed by atoms with Gasteiger partial charge in [0.2, 0.25) is 0 Å². The van der Waals surface area contributed by atoms with Gasteiger partial charge in [0.15, 0.2) is 0 Å². The summed E-state index contributed by atoms with van der Waals surface area (Å²) in [7, 11) is 0. The van der Waals surface area contributed by atoms with Crippen molar-refractivity contribution < 1.29 is 0 Å². The molecule has 5 heterocycles. The molecule has 7 rings (SSSR count). The number of benzene rings is 2. The first-order valence-corrected chi connectivity index (χ1v) is 13.8. The molecule has 0 fully saturated rings. The predicted octanol–water partition coefficient (Wildman–Crippen LogP) is 9.24. The van der Waals surface area contributed by atoms with Gasteiger partial charge in [0.25, 0.3) is 0 Å². The highest BCUT2D eigenvalue weighted by Gasteiger charge is 2.17. The maximum absolute atomic E-state index is 4.68. The Balaban J connectivity index is 1.43. The molecule has 5 aromatic heterocycles. The standard InChI is InChI=1S/C24H12N2S5/c1-3-17(27-9-1)15-7-8-16(22-21(15)25-31-26-22)19-11-13-5-6-14-12-20(18-4-2-10-28-18)30-24(14)23(13)29-19/h1-12H. The Kier molecular flexibility index (Phi) is 4.13. The number of aromatic nitrogens is 2. The molecule has 0 atom stereocenters. The maximum atomic E-state index is 4.68. The van der Waals surface area contributed by atoms with E-state index in [1.807, 2.05) is 22.7 Å². The summed E-state index contributed by atoms with van der Waals surface area (Å²) in [6.45, 7) is 0. The van der Waals surface area contributed by atoms with Gasteiger partial charge in [0, 0.05) is 30.6 Å². The average Bonchev–Trinajstić information content (AvgIpc) is 3.61. The quantitative estimate of drug-likeness (QED) is 0.248. The monoisotopic (exact) mass is 488 g/mol. The highest BCUT2D eigenvalue weighted by atomic mass is 32.1. The molecule has 0 unspecified atom stereocenters. The number of fused-ring (bicyclic) bond motifs is 4. The van der Waals surface area contributed by atoms with Crippen molar-refractivity contribution in [1.82, 2.24) is 8.75 Å². The molecule has 0 radical (unpaired) electrons. The Hall–Kier alpha value is -2.42. The molecule has 31 heavy (non-hydrogen) atoms. The molecular formula is C24H12N2S5. The molecule has 0 bridgehead atoms. The van der Waals surface area contributed by atoms with Crippen molar-refractivity contribution >= 4 is 88.3 Å². The summed E-state index contributed by atoms with van der Waals surface area (Å²) < 4.78 is 12.1. The van der Waals surface area contributed by atoms with Crippen LogP contribution >= 0.6 is 57.1 Å². The van der Waals surface area contributed by atoms with E-state index in [-0.39, 0.29) is 0 Å². The van der Waals surface area contributed by atoms with Crippen LogP contribution in [0.4, 0.5) is 0 Å². The zero-order valence-electron chi connectivity index (χ0n) is 15.9. The second-order valence-electron chi connectivity index (χ2n) is 7.20. The minimum absolute atomic E-state index is 1.00. The van der Waals surface area contributed by atoms with E-state index in [1.54, 1.807) is 22.7 Å². The van der Waals surface area contributed by atoms with Crippen molar-refractivity contribution in [2.24, 2.45) is 0 Å². The van der Waals surface area contributed by atoms with E-state index in [2.05, 4.69) is 80.2 Å². The van der Waals surface area contributed by atoms with Crippen molar-refractivity contribution in [1.29, 1.82) is 0 Å². The SMILES string of the molecule is c1csc(-c2cc3ccc4cc(-c5ccc(-c6cccs6)c6nsnc56)sc4c3s2)c1. The summed E-state index contributed by atoms with van der Waals surface area (Å²) >= 11 is 8.60. The van der Waals surface area contributed by atoms with Crippen LogP contribution in [0.3, 0.4) is 0 Å². The summed E-state index contributed by atoms with van der Waals surface area (Å²) in [4.78, 5) is 5.18. The Morgan fingerprint density at radius 3 is 1.77 bits per heavy atom.